The van der Waals surface area contributed by atoms with E-state index < -0.39 is 4.92 Å². The van der Waals surface area contributed by atoms with Crippen molar-refractivity contribution in [3.63, 3.8) is 0 Å². The Balaban J connectivity index is 2.12. The number of non-ortho nitro benzene ring substituents is 1. The second kappa shape index (κ2) is 3.92. The Hall–Kier alpha value is -2.76. The molecule has 0 radical (unpaired) electrons. The molecular weight excluding hydrogens is 232 g/mol. The number of nitro groups is 1. The van der Waals surface area contributed by atoms with Crippen LogP contribution in [0.1, 0.15) is 0 Å². The van der Waals surface area contributed by atoms with Gasteiger partial charge in [0.2, 0.25) is 0 Å². The van der Waals surface area contributed by atoms with Crippen LogP contribution in [0.3, 0.4) is 0 Å². The van der Waals surface area contributed by atoms with E-state index in [9.17, 15) is 10.1 Å². The number of H-pyrrole nitrogens is 1. The predicted octanol–water partition coefficient (Wildman–Crippen LogP) is 2.53. The van der Waals surface area contributed by atoms with Gasteiger partial charge in [0.05, 0.1) is 10.6 Å². The molecular formula is C12H8N4O2. The summed E-state index contributed by atoms with van der Waals surface area (Å²) >= 11 is 0. The zero-order valence-electron chi connectivity index (χ0n) is 9.20. The van der Waals surface area contributed by atoms with Crippen LogP contribution in [-0.2, 0) is 0 Å². The molecule has 0 amide bonds. The molecule has 6 heteroatoms. The van der Waals surface area contributed by atoms with Crippen LogP contribution in [0.2, 0.25) is 0 Å². The number of hydrogen-bond donors (Lipinski definition) is 1. The molecule has 6 nitrogen and oxygen atoms in total. The summed E-state index contributed by atoms with van der Waals surface area (Å²) in [4.78, 5) is 14.3. The highest BCUT2D eigenvalue weighted by molar-refractivity contribution is 5.90. The molecule has 0 saturated carbocycles. The summed E-state index contributed by atoms with van der Waals surface area (Å²) in [5, 5.41) is 18.5. The first-order chi connectivity index (χ1) is 8.75. The molecule has 3 aromatic rings. The summed E-state index contributed by atoms with van der Waals surface area (Å²) in [6.07, 6.45) is 1.67. The molecule has 2 heterocycles. The van der Waals surface area contributed by atoms with Crippen molar-refractivity contribution < 1.29 is 4.92 Å². The Labute approximate surface area is 101 Å². The summed E-state index contributed by atoms with van der Waals surface area (Å²) in [6, 6.07) is 10.1. The number of nitrogens with one attached hydrogen (secondary N) is 1. The lowest BCUT2D eigenvalue weighted by Gasteiger charge is -1.98. The Morgan fingerprint density at radius 1 is 1.17 bits per heavy atom. The number of nitrogens with zero attached hydrogens (tertiary/aromatic N) is 3. The fourth-order valence-electron chi connectivity index (χ4n) is 1.82. The molecule has 0 bridgehead atoms. The van der Waals surface area contributed by atoms with Gasteiger partial charge >= 0.3 is 0 Å². The van der Waals surface area contributed by atoms with Crippen LogP contribution in [0, 0.1) is 10.1 Å². The van der Waals surface area contributed by atoms with Crippen LogP contribution in [0.15, 0.2) is 42.6 Å². The largest absolute Gasteiger partial charge is 0.275 e. The Morgan fingerprint density at radius 3 is 2.67 bits per heavy atom. The van der Waals surface area contributed by atoms with Gasteiger partial charge in [-0.2, -0.15) is 5.10 Å². The maximum atomic E-state index is 10.6. The lowest BCUT2D eigenvalue weighted by atomic mass is 10.1. The van der Waals surface area contributed by atoms with Crippen molar-refractivity contribution in [1.82, 2.24) is 15.2 Å². The number of aromatic nitrogens is 3. The molecule has 0 atom stereocenters. The minimum absolute atomic E-state index is 0.0701. The van der Waals surface area contributed by atoms with Crippen molar-refractivity contribution >= 4 is 16.7 Å². The summed E-state index contributed by atoms with van der Waals surface area (Å²) in [5.74, 6) is 0. The average molecular weight is 240 g/mol. The van der Waals surface area contributed by atoms with Gasteiger partial charge in [0, 0.05) is 29.3 Å². The fourth-order valence-corrected chi connectivity index (χ4v) is 1.82. The van der Waals surface area contributed by atoms with E-state index in [0.717, 1.165) is 16.6 Å². The van der Waals surface area contributed by atoms with Crippen molar-refractivity contribution in [1.29, 1.82) is 0 Å². The molecule has 0 aliphatic heterocycles. The molecule has 0 unspecified atom stereocenters. The number of pyridine rings is 1. The van der Waals surface area contributed by atoms with Crippen molar-refractivity contribution in [3.8, 4) is 11.3 Å². The Kier molecular flexibility index (Phi) is 2.26. The Bertz CT molecular complexity index is 718. The zero-order valence-corrected chi connectivity index (χ0v) is 9.20. The molecule has 3 rings (SSSR count). The highest BCUT2D eigenvalue weighted by Gasteiger charge is 2.10. The lowest BCUT2D eigenvalue weighted by Crippen LogP contribution is -1.87. The van der Waals surface area contributed by atoms with Crippen molar-refractivity contribution in [2.75, 3.05) is 0 Å². The van der Waals surface area contributed by atoms with Crippen molar-refractivity contribution in [3.05, 3.63) is 52.7 Å². The number of fused-ring (bicyclic) bond motifs is 1. The van der Waals surface area contributed by atoms with E-state index in [1.807, 2.05) is 12.1 Å². The zero-order chi connectivity index (χ0) is 12.5. The third-order valence-corrected chi connectivity index (χ3v) is 2.70. The van der Waals surface area contributed by atoms with Gasteiger partial charge in [0.1, 0.15) is 0 Å². The first-order valence-electron chi connectivity index (χ1n) is 5.29. The molecule has 88 valence electrons. The molecule has 2 aromatic heterocycles. The van der Waals surface area contributed by atoms with Crippen LogP contribution in [0.5, 0.6) is 0 Å². The maximum Gasteiger partial charge on any atom is 0.269 e. The summed E-state index contributed by atoms with van der Waals surface area (Å²) in [7, 11) is 0. The number of rotatable bonds is 2. The quantitative estimate of drug-likeness (QED) is 0.551. The number of hydrogen-bond acceptors (Lipinski definition) is 4. The van der Waals surface area contributed by atoms with Gasteiger partial charge in [0.25, 0.3) is 5.69 Å². The van der Waals surface area contributed by atoms with Gasteiger partial charge in [-0.25, -0.2) is 4.98 Å². The highest BCUT2D eigenvalue weighted by Crippen LogP contribution is 2.26. The summed E-state index contributed by atoms with van der Waals surface area (Å²) in [6.45, 7) is 0. The van der Waals surface area contributed by atoms with Crippen molar-refractivity contribution in [2.24, 2.45) is 0 Å². The molecule has 18 heavy (non-hydrogen) atoms. The van der Waals surface area contributed by atoms with Gasteiger partial charge in [-0.15, -0.1) is 0 Å². The SMILES string of the molecule is O=[N+]([O-])c1ccc(-c2[nH]nc3ncccc23)cc1. The monoisotopic (exact) mass is 240 g/mol. The molecule has 0 spiro atoms. The molecule has 0 fully saturated rings. The molecule has 0 saturated heterocycles. The fraction of sp³-hybridized carbons (Fsp3) is 0. The van der Waals surface area contributed by atoms with E-state index in [-0.39, 0.29) is 5.69 Å². The molecule has 0 aliphatic rings. The van der Waals surface area contributed by atoms with Crippen molar-refractivity contribution in [2.45, 2.75) is 0 Å². The predicted molar refractivity (Wildman–Crippen MR) is 66.0 cm³/mol. The van der Waals surface area contributed by atoms with Gasteiger partial charge in [-0.05, 0) is 24.3 Å². The standard InChI is InChI=1S/C12H8N4O2/c17-16(18)9-5-3-8(4-6-9)11-10-2-1-7-13-12(10)15-14-11/h1-7H,(H,13,14,15). The second-order valence-corrected chi connectivity index (χ2v) is 3.78. The maximum absolute atomic E-state index is 10.6. The van der Waals surface area contributed by atoms with Gasteiger partial charge in [0.15, 0.2) is 5.65 Å². The molecule has 1 aromatic carbocycles. The van der Waals surface area contributed by atoms with Crippen LogP contribution in [0.25, 0.3) is 22.3 Å². The van der Waals surface area contributed by atoms with E-state index >= 15 is 0 Å². The van der Waals surface area contributed by atoms with E-state index in [1.54, 1.807) is 18.3 Å². The second-order valence-electron chi connectivity index (χ2n) is 3.78. The van der Waals surface area contributed by atoms with Crippen LogP contribution in [-0.4, -0.2) is 20.1 Å². The minimum Gasteiger partial charge on any atom is -0.275 e. The Morgan fingerprint density at radius 2 is 1.94 bits per heavy atom. The van der Waals surface area contributed by atoms with E-state index in [1.165, 1.54) is 12.1 Å². The third kappa shape index (κ3) is 1.60. The van der Waals surface area contributed by atoms with E-state index in [4.69, 9.17) is 0 Å². The first kappa shape index (κ1) is 10.4. The minimum atomic E-state index is -0.420. The summed E-state index contributed by atoms with van der Waals surface area (Å²) in [5.41, 5.74) is 2.36. The van der Waals surface area contributed by atoms with Crippen LogP contribution >= 0.6 is 0 Å². The molecule has 1 N–H and O–H groups in total. The van der Waals surface area contributed by atoms with Crippen LogP contribution < -0.4 is 0 Å². The third-order valence-electron chi connectivity index (χ3n) is 2.70. The van der Waals surface area contributed by atoms with E-state index in [0.29, 0.717) is 5.65 Å². The number of nitro benzene ring substituents is 1. The number of benzene rings is 1. The van der Waals surface area contributed by atoms with E-state index in [2.05, 4.69) is 15.2 Å². The lowest BCUT2D eigenvalue weighted by molar-refractivity contribution is -0.384. The molecule has 0 aliphatic carbocycles. The smallest absolute Gasteiger partial charge is 0.269 e. The summed E-state index contributed by atoms with van der Waals surface area (Å²) < 4.78 is 0. The van der Waals surface area contributed by atoms with Gasteiger partial charge < -0.3 is 0 Å². The normalized spacial score (nSPS) is 10.7. The van der Waals surface area contributed by atoms with Crippen LogP contribution in [0.4, 0.5) is 5.69 Å². The number of aromatic amines is 1. The first-order valence-corrected chi connectivity index (χ1v) is 5.29. The average Bonchev–Trinajstić information content (AvgIpc) is 2.82. The van der Waals surface area contributed by atoms with Gasteiger partial charge in [-0.3, -0.25) is 15.2 Å². The highest BCUT2D eigenvalue weighted by atomic mass is 16.6. The topological polar surface area (TPSA) is 84.7 Å². The van der Waals surface area contributed by atoms with Gasteiger partial charge in [-0.1, -0.05) is 0 Å².